The van der Waals surface area contributed by atoms with Gasteiger partial charge in [0.05, 0.1) is 29.9 Å². The van der Waals surface area contributed by atoms with Crippen molar-refractivity contribution < 1.29 is 23.1 Å². The fourth-order valence-electron chi connectivity index (χ4n) is 5.57. The smallest absolute Gasteiger partial charge is 0.419 e. The minimum atomic E-state index is -3.64. The van der Waals surface area contributed by atoms with Crippen LogP contribution in [0.25, 0.3) is 55.0 Å². The third-order valence-corrected chi connectivity index (χ3v) is 9.33. The molecule has 0 fully saturated rings. The summed E-state index contributed by atoms with van der Waals surface area (Å²) in [4.78, 5) is 18.6. The Morgan fingerprint density at radius 2 is 1.45 bits per heavy atom. The van der Waals surface area contributed by atoms with E-state index in [0.29, 0.717) is 11.2 Å². The molecule has 0 aliphatic rings. The third-order valence-electron chi connectivity index (χ3n) is 7.32. The normalized spacial score (nSPS) is 12.3. The van der Waals surface area contributed by atoms with Gasteiger partial charge in [-0.05, 0) is 81.3 Å². The SMILES string of the molecule is CCOP(=O)(OCC)c1ccc2cc(-c3cc4ccccc4n3C(=O)OC(C)(C)C)cc(-c3cccc4ccccc34)c2n1. The van der Waals surface area contributed by atoms with Crippen molar-refractivity contribution in [2.75, 3.05) is 13.2 Å². The lowest BCUT2D eigenvalue weighted by molar-refractivity contribution is 0.0547. The largest absolute Gasteiger partial charge is 0.443 e. The Kier molecular flexibility index (Phi) is 7.89. The van der Waals surface area contributed by atoms with Gasteiger partial charge in [0, 0.05) is 21.9 Å². The Morgan fingerprint density at radius 1 is 0.773 bits per heavy atom. The van der Waals surface area contributed by atoms with Gasteiger partial charge < -0.3 is 13.8 Å². The summed E-state index contributed by atoms with van der Waals surface area (Å²) in [6.07, 6.45) is -0.455. The van der Waals surface area contributed by atoms with Crippen LogP contribution >= 0.6 is 7.60 Å². The molecule has 4 aromatic carbocycles. The van der Waals surface area contributed by atoms with Crippen LogP contribution in [0.2, 0.25) is 0 Å². The molecule has 2 heterocycles. The Morgan fingerprint density at radius 3 is 2.18 bits per heavy atom. The van der Waals surface area contributed by atoms with Crippen LogP contribution in [-0.4, -0.2) is 34.5 Å². The molecule has 0 saturated heterocycles. The number of carbonyl (C=O) groups is 1. The fraction of sp³-hybridized carbons (Fsp3) is 0.222. The number of nitrogens with zero attached hydrogens (tertiary/aromatic N) is 2. The lowest BCUT2D eigenvalue weighted by Crippen LogP contribution is -2.27. The Bertz CT molecular complexity index is 2060. The van der Waals surface area contributed by atoms with Crippen molar-refractivity contribution in [3.05, 3.63) is 97.1 Å². The number of pyridine rings is 1. The van der Waals surface area contributed by atoms with Gasteiger partial charge in [-0.1, -0.05) is 66.7 Å². The van der Waals surface area contributed by atoms with E-state index in [-0.39, 0.29) is 18.6 Å². The van der Waals surface area contributed by atoms with Crippen molar-refractivity contribution in [2.45, 2.75) is 40.2 Å². The molecule has 2 aromatic heterocycles. The molecule has 0 saturated carbocycles. The minimum Gasteiger partial charge on any atom is -0.443 e. The van der Waals surface area contributed by atoms with Crippen molar-refractivity contribution in [3.8, 4) is 22.4 Å². The minimum absolute atomic E-state index is 0.224. The molecule has 0 N–H and O–H groups in total. The van der Waals surface area contributed by atoms with Gasteiger partial charge in [-0.15, -0.1) is 0 Å². The monoisotopic (exact) mass is 606 g/mol. The molecule has 6 rings (SSSR count). The molecule has 0 radical (unpaired) electrons. The summed E-state index contributed by atoms with van der Waals surface area (Å²) >= 11 is 0. The maximum absolute atomic E-state index is 13.8. The Labute approximate surface area is 256 Å². The molecule has 0 unspecified atom stereocenters. The van der Waals surface area contributed by atoms with E-state index in [4.69, 9.17) is 18.8 Å². The maximum atomic E-state index is 13.8. The summed E-state index contributed by atoms with van der Waals surface area (Å²) in [5, 5.41) is 3.86. The predicted octanol–water partition coefficient (Wildman–Crippen LogP) is 9.35. The molecular formula is C36H35N2O5P. The average molecular weight is 607 g/mol. The van der Waals surface area contributed by atoms with Gasteiger partial charge in [-0.2, -0.15) is 0 Å². The van der Waals surface area contributed by atoms with Crippen molar-refractivity contribution in [3.63, 3.8) is 0 Å². The molecule has 0 atom stereocenters. The van der Waals surface area contributed by atoms with Crippen molar-refractivity contribution in [1.29, 1.82) is 0 Å². The second kappa shape index (κ2) is 11.7. The van der Waals surface area contributed by atoms with Gasteiger partial charge in [-0.3, -0.25) is 4.57 Å². The molecule has 0 spiro atoms. The molecular weight excluding hydrogens is 571 g/mol. The number of hydrogen-bond acceptors (Lipinski definition) is 6. The maximum Gasteiger partial charge on any atom is 0.419 e. The molecule has 0 aliphatic carbocycles. The number of aromatic nitrogens is 2. The summed E-state index contributed by atoms with van der Waals surface area (Å²) in [7, 11) is -3.64. The number of para-hydroxylation sites is 1. The van der Waals surface area contributed by atoms with E-state index in [9.17, 15) is 9.36 Å². The first-order valence-corrected chi connectivity index (χ1v) is 16.3. The molecule has 44 heavy (non-hydrogen) atoms. The van der Waals surface area contributed by atoms with Crippen LogP contribution in [0.4, 0.5) is 4.79 Å². The third kappa shape index (κ3) is 5.55. The highest BCUT2D eigenvalue weighted by molar-refractivity contribution is 7.61. The fourth-order valence-corrected chi connectivity index (χ4v) is 7.07. The lowest BCUT2D eigenvalue weighted by Gasteiger charge is -2.21. The standard InChI is InChI=1S/C36H35N2O5P/c1-6-41-44(40,42-7-2)33-20-19-26-21-27(22-30(34(26)37-33)29-17-12-15-24-13-8-10-16-28(24)29)32-23-25-14-9-11-18-31(25)38(32)35(39)43-36(3,4)5/h8-23H,6-7H2,1-5H3. The highest BCUT2D eigenvalue weighted by atomic mass is 31.2. The van der Waals surface area contributed by atoms with Crippen LogP contribution in [0.15, 0.2) is 97.1 Å². The van der Waals surface area contributed by atoms with Crippen LogP contribution in [0.5, 0.6) is 0 Å². The predicted molar refractivity (Wildman–Crippen MR) is 178 cm³/mol. The van der Waals surface area contributed by atoms with Gasteiger partial charge in [0.15, 0.2) is 5.44 Å². The lowest BCUT2D eigenvalue weighted by atomic mass is 9.94. The first kappa shape index (κ1) is 29.8. The van der Waals surface area contributed by atoms with Gasteiger partial charge in [-0.25, -0.2) is 14.3 Å². The van der Waals surface area contributed by atoms with Gasteiger partial charge in [0.2, 0.25) is 0 Å². The van der Waals surface area contributed by atoms with Gasteiger partial charge in [0.25, 0.3) is 0 Å². The molecule has 0 bridgehead atoms. The zero-order valence-corrected chi connectivity index (χ0v) is 26.4. The first-order valence-electron chi connectivity index (χ1n) is 14.8. The van der Waals surface area contributed by atoms with Gasteiger partial charge >= 0.3 is 13.7 Å². The number of rotatable bonds is 7. The highest BCUT2D eigenvalue weighted by Gasteiger charge is 2.30. The van der Waals surface area contributed by atoms with Crippen molar-refractivity contribution in [2.24, 2.45) is 0 Å². The summed E-state index contributed by atoms with van der Waals surface area (Å²) in [6, 6.07) is 31.7. The van der Waals surface area contributed by atoms with Crippen LogP contribution in [0.1, 0.15) is 34.6 Å². The second-order valence-electron chi connectivity index (χ2n) is 11.5. The first-order chi connectivity index (χ1) is 21.1. The molecule has 0 amide bonds. The summed E-state index contributed by atoms with van der Waals surface area (Å²) in [6.45, 7) is 9.59. The van der Waals surface area contributed by atoms with Crippen LogP contribution in [0, 0.1) is 0 Å². The summed E-state index contributed by atoms with van der Waals surface area (Å²) in [5.41, 5.74) is 4.29. The van der Waals surface area contributed by atoms with E-state index in [0.717, 1.165) is 43.8 Å². The van der Waals surface area contributed by atoms with Gasteiger partial charge in [0.1, 0.15) is 5.60 Å². The molecule has 224 valence electrons. The Balaban J connectivity index is 1.66. The zero-order chi connectivity index (χ0) is 31.1. The Hall–Kier alpha value is -4.29. The topological polar surface area (TPSA) is 79.7 Å². The van der Waals surface area contributed by atoms with Crippen LogP contribution in [0.3, 0.4) is 0 Å². The van der Waals surface area contributed by atoms with Crippen LogP contribution in [-0.2, 0) is 18.3 Å². The number of fused-ring (bicyclic) bond motifs is 3. The number of benzene rings is 4. The average Bonchev–Trinajstić information content (AvgIpc) is 3.39. The van der Waals surface area contributed by atoms with E-state index < -0.39 is 19.3 Å². The number of hydrogen-bond donors (Lipinski definition) is 0. The van der Waals surface area contributed by atoms with Crippen molar-refractivity contribution >= 4 is 51.7 Å². The van der Waals surface area contributed by atoms with E-state index in [2.05, 4.69) is 24.3 Å². The molecule has 0 aliphatic heterocycles. The quantitative estimate of drug-likeness (QED) is 0.169. The zero-order valence-electron chi connectivity index (χ0n) is 25.5. The molecule has 7 nitrogen and oxygen atoms in total. The number of carbonyl (C=O) groups excluding carboxylic acids is 1. The van der Waals surface area contributed by atoms with E-state index in [1.807, 2.05) is 87.5 Å². The number of ether oxygens (including phenoxy) is 1. The van der Waals surface area contributed by atoms with E-state index >= 15 is 0 Å². The second-order valence-corrected chi connectivity index (χ2v) is 13.5. The molecule has 8 heteroatoms. The van der Waals surface area contributed by atoms with E-state index in [1.54, 1.807) is 24.5 Å². The summed E-state index contributed by atoms with van der Waals surface area (Å²) < 4.78 is 32.6. The van der Waals surface area contributed by atoms with Crippen molar-refractivity contribution in [1.82, 2.24) is 9.55 Å². The van der Waals surface area contributed by atoms with E-state index in [1.165, 1.54) is 0 Å². The highest BCUT2D eigenvalue weighted by Crippen LogP contribution is 2.47. The molecule has 6 aromatic rings. The summed E-state index contributed by atoms with van der Waals surface area (Å²) in [5.74, 6) is 0. The van der Waals surface area contributed by atoms with Crippen LogP contribution < -0.4 is 5.44 Å².